The predicted octanol–water partition coefficient (Wildman–Crippen LogP) is 1.77. The maximum Gasteiger partial charge on any atom is 0.224 e. The van der Waals surface area contributed by atoms with Gasteiger partial charge in [-0.3, -0.25) is 4.79 Å². The van der Waals surface area contributed by atoms with E-state index in [1.165, 1.54) is 0 Å². The summed E-state index contributed by atoms with van der Waals surface area (Å²) in [4.78, 5) is 11.8. The van der Waals surface area contributed by atoms with Gasteiger partial charge in [-0.05, 0) is 12.6 Å². The molecule has 0 saturated carbocycles. The Morgan fingerprint density at radius 2 is 1.89 bits per heavy atom. The first-order valence-corrected chi connectivity index (χ1v) is 6.19. The van der Waals surface area contributed by atoms with E-state index in [0.717, 1.165) is 5.56 Å². The van der Waals surface area contributed by atoms with Crippen LogP contribution in [0.2, 0.25) is 0 Å². The van der Waals surface area contributed by atoms with Crippen LogP contribution in [-0.4, -0.2) is 33.2 Å². The van der Waals surface area contributed by atoms with Crippen molar-refractivity contribution in [2.75, 3.05) is 27.2 Å². The Bertz CT molecular complexity index is 360. The molecule has 2 N–H and O–H groups in total. The van der Waals surface area contributed by atoms with Crippen LogP contribution in [0.25, 0.3) is 0 Å². The van der Waals surface area contributed by atoms with Crippen LogP contribution in [0, 0.1) is 5.92 Å². The maximum absolute atomic E-state index is 11.8. The average Bonchev–Trinajstić information content (AvgIpc) is 2.40. The number of halogens is 1. The standard InChI is InChI=1S/C14H22N2O2.ClH/c1-11(9-15-2)14(17)16-10-13(18-3)12-7-5-4-6-8-12;/h4-8,11,13,15H,9-10H2,1-3H3,(H,16,17);1H. The molecule has 1 aromatic carbocycles. The first-order chi connectivity index (χ1) is 8.69. The van der Waals surface area contributed by atoms with E-state index in [4.69, 9.17) is 4.74 Å². The lowest BCUT2D eigenvalue weighted by molar-refractivity contribution is -0.124. The summed E-state index contributed by atoms with van der Waals surface area (Å²) in [5.41, 5.74) is 1.07. The van der Waals surface area contributed by atoms with Gasteiger partial charge >= 0.3 is 0 Å². The maximum atomic E-state index is 11.8. The zero-order chi connectivity index (χ0) is 13.4. The van der Waals surface area contributed by atoms with Crippen molar-refractivity contribution in [1.82, 2.24) is 10.6 Å². The van der Waals surface area contributed by atoms with Crippen LogP contribution in [0.15, 0.2) is 30.3 Å². The molecule has 5 heteroatoms. The Labute approximate surface area is 121 Å². The first-order valence-electron chi connectivity index (χ1n) is 6.19. The number of methoxy groups -OCH3 is 1. The molecule has 1 rings (SSSR count). The van der Waals surface area contributed by atoms with E-state index in [1.54, 1.807) is 7.11 Å². The monoisotopic (exact) mass is 286 g/mol. The molecule has 0 radical (unpaired) electrons. The predicted molar refractivity (Wildman–Crippen MR) is 79.5 cm³/mol. The van der Waals surface area contributed by atoms with Crippen molar-refractivity contribution in [3.8, 4) is 0 Å². The zero-order valence-corrected chi connectivity index (χ0v) is 12.5. The fraction of sp³-hybridized carbons (Fsp3) is 0.500. The molecule has 0 bridgehead atoms. The molecular formula is C14H23ClN2O2. The number of hydrogen-bond donors (Lipinski definition) is 2. The van der Waals surface area contributed by atoms with E-state index in [-0.39, 0.29) is 30.3 Å². The highest BCUT2D eigenvalue weighted by atomic mass is 35.5. The third-order valence-corrected chi connectivity index (χ3v) is 2.88. The number of carbonyl (C=O) groups is 1. The largest absolute Gasteiger partial charge is 0.375 e. The van der Waals surface area contributed by atoms with Gasteiger partial charge in [0.15, 0.2) is 0 Å². The number of ether oxygens (including phenoxy) is 1. The van der Waals surface area contributed by atoms with Crippen molar-refractivity contribution < 1.29 is 9.53 Å². The van der Waals surface area contributed by atoms with Crippen molar-refractivity contribution >= 4 is 18.3 Å². The molecule has 1 amide bonds. The minimum Gasteiger partial charge on any atom is -0.375 e. The van der Waals surface area contributed by atoms with Gasteiger partial charge in [0.25, 0.3) is 0 Å². The van der Waals surface area contributed by atoms with Gasteiger partial charge < -0.3 is 15.4 Å². The minimum atomic E-state index is -0.100. The van der Waals surface area contributed by atoms with Crippen LogP contribution >= 0.6 is 12.4 Å². The molecule has 0 fully saturated rings. The van der Waals surface area contributed by atoms with Gasteiger partial charge in [-0.1, -0.05) is 37.3 Å². The molecule has 2 atom stereocenters. The molecule has 0 saturated heterocycles. The molecule has 0 heterocycles. The van der Waals surface area contributed by atoms with Gasteiger partial charge in [0, 0.05) is 26.1 Å². The summed E-state index contributed by atoms with van der Waals surface area (Å²) >= 11 is 0. The van der Waals surface area contributed by atoms with E-state index in [9.17, 15) is 4.79 Å². The van der Waals surface area contributed by atoms with Gasteiger partial charge in [-0.25, -0.2) is 0 Å². The number of amides is 1. The first kappa shape index (κ1) is 17.9. The quantitative estimate of drug-likeness (QED) is 0.803. The lowest BCUT2D eigenvalue weighted by Crippen LogP contribution is -2.36. The molecule has 0 aliphatic heterocycles. The van der Waals surface area contributed by atoms with Crippen molar-refractivity contribution in [3.05, 3.63) is 35.9 Å². The van der Waals surface area contributed by atoms with Crippen molar-refractivity contribution in [3.63, 3.8) is 0 Å². The van der Waals surface area contributed by atoms with Gasteiger partial charge in [-0.15, -0.1) is 12.4 Å². The van der Waals surface area contributed by atoms with Crippen LogP contribution in [0.4, 0.5) is 0 Å². The second kappa shape index (κ2) is 9.78. The van der Waals surface area contributed by atoms with Crippen molar-refractivity contribution in [2.24, 2.45) is 5.92 Å². The average molecular weight is 287 g/mol. The smallest absolute Gasteiger partial charge is 0.224 e. The summed E-state index contributed by atoms with van der Waals surface area (Å²) in [6.07, 6.45) is -0.100. The lowest BCUT2D eigenvalue weighted by atomic mass is 10.1. The van der Waals surface area contributed by atoms with Crippen LogP contribution in [0.5, 0.6) is 0 Å². The summed E-state index contributed by atoms with van der Waals surface area (Å²) in [7, 11) is 3.49. The SMILES string of the molecule is CNCC(C)C(=O)NCC(OC)c1ccccc1.Cl. The minimum absolute atomic E-state index is 0. The molecule has 0 aliphatic rings. The molecule has 4 nitrogen and oxygen atoms in total. The highest BCUT2D eigenvalue weighted by molar-refractivity contribution is 5.85. The second-order valence-electron chi connectivity index (χ2n) is 4.34. The molecule has 19 heavy (non-hydrogen) atoms. The Hall–Kier alpha value is -1.10. The summed E-state index contributed by atoms with van der Waals surface area (Å²) in [5, 5.41) is 5.90. The Balaban J connectivity index is 0.00000324. The second-order valence-corrected chi connectivity index (χ2v) is 4.34. The van der Waals surface area contributed by atoms with Crippen molar-refractivity contribution in [1.29, 1.82) is 0 Å². The van der Waals surface area contributed by atoms with E-state index < -0.39 is 0 Å². The number of hydrogen-bond acceptors (Lipinski definition) is 3. The third kappa shape index (κ3) is 6.05. The fourth-order valence-corrected chi connectivity index (χ4v) is 1.77. The number of nitrogens with one attached hydrogen (secondary N) is 2. The van der Waals surface area contributed by atoms with Gasteiger partial charge in [0.2, 0.25) is 5.91 Å². The highest BCUT2D eigenvalue weighted by Crippen LogP contribution is 2.14. The van der Waals surface area contributed by atoms with Crippen LogP contribution in [0.3, 0.4) is 0 Å². The molecule has 108 valence electrons. The van der Waals surface area contributed by atoms with E-state index >= 15 is 0 Å². The zero-order valence-electron chi connectivity index (χ0n) is 11.7. The lowest BCUT2D eigenvalue weighted by Gasteiger charge is -2.18. The Morgan fingerprint density at radius 3 is 2.42 bits per heavy atom. The molecule has 0 aromatic heterocycles. The normalized spacial score (nSPS) is 13.2. The number of rotatable bonds is 7. The van der Waals surface area contributed by atoms with Crippen LogP contribution < -0.4 is 10.6 Å². The molecule has 0 aliphatic carbocycles. The molecular weight excluding hydrogens is 264 g/mol. The third-order valence-electron chi connectivity index (χ3n) is 2.88. The summed E-state index contributed by atoms with van der Waals surface area (Å²) in [6, 6.07) is 9.89. The van der Waals surface area contributed by atoms with E-state index in [2.05, 4.69) is 10.6 Å². The fourth-order valence-electron chi connectivity index (χ4n) is 1.77. The Kier molecular flexibility index (Phi) is 9.21. The number of benzene rings is 1. The van der Waals surface area contributed by atoms with Crippen molar-refractivity contribution in [2.45, 2.75) is 13.0 Å². The van der Waals surface area contributed by atoms with E-state index in [1.807, 2.05) is 44.3 Å². The van der Waals surface area contributed by atoms with Gasteiger partial charge in [0.1, 0.15) is 0 Å². The summed E-state index contributed by atoms with van der Waals surface area (Å²) in [6.45, 7) is 3.07. The number of carbonyl (C=O) groups excluding carboxylic acids is 1. The van der Waals surface area contributed by atoms with Gasteiger partial charge in [0.05, 0.1) is 6.10 Å². The van der Waals surface area contributed by atoms with E-state index in [0.29, 0.717) is 13.1 Å². The highest BCUT2D eigenvalue weighted by Gasteiger charge is 2.15. The Morgan fingerprint density at radius 1 is 1.26 bits per heavy atom. The topological polar surface area (TPSA) is 50.4 Å². The molecule has 0 spiro atoms. The molecule has 2 unspecified atom stereocenters. The van der Waals surface area contributed by atoms with Crippen LogP contribution in [-0.2, 0) is 9.53 Å². The van der Waals surface area contributed by atoms with Gasteiger partial charge in [-0.2, -0.15) is 0 Å². The molecule has 1 aromatic rings. The summed E-state index contributed by atoms with van der Waals surface area (Å²) in [5.74, 6) is 0.00520. The van der Waals surface area contributed by atoms with Crippen LogP contribution in [0.1, 0.15) is 18.6 Å². The summed E-state index contributed by atoms with van der Waals surface area (Å²) < 4.78 is 5.40.